The van der Waals surface area contributed by atoms with E-state index in [0.717, 1.165) is 16.7 Å². The number of β-amino-alcohol motifs (C(OH)–C–C–N with tert-alkyl or cyclic N) is 2. The summed E-state index contributed by atoms with van der Waals surface area (Å²) < 4.78 is 11.0. The van der Waals surface area contributed by atoms with Crippen LogP contribution in [0.4, 0.5) is 4.79 Å². The third-order valence-electron chi connectivity index (χ3n) is 6.82. The molecule has 3 rings (SSSR count). The maximum atomic E-state index is 11.9. The quantitative estimate of drug-likeness (QED) is 0.607. The van der Waals surface area contributed by atoms with Crippen LogP contribution < -0.4 is 4.74 Å². The Morgan fingerprint density at radius 2 is 1.84 bits per heavy atom. The summed E-state index contributed by atoms with van der Waals surface area (Å²) >= 11 is 0. The van der Waals surface area contributed by atoms with Crippen LogP contribution in [-0.4, -0.2) is 94.5 Å². The summed E-state index contributed by atoms with van der Waals surface area (Å²) in [6, 6.07) is 4.03. The maximum Gasteiger partial charge on any atom is 0.409 e. The van der Waals surface area contributed by atoms with E-state index in [-0.39, 0.29) is 19.2 Å². The average molecular weight is 451 g/mol. The number of benzene rings is 1. The fourth-order valence-corrected chi connectivity index (χ4v) is 4.67. The van der Waals surface area contributed by atoms with Crippen molar-refractivity contribution >= 4 is 6.09 Å². The molecule has 0 radical (unpaired) electrons. The number of ether oxygens (including phenoxy) is 2. The van der Waals surface area contributed by atoms with Gasteiger partial charge in [0.2, 0.25) is 0 Å². The Bertz CT molecular complexity index is 808. The number of hydrogen-bond acceptors (Lipinski definition) is 7. The first kappa shape index (κ1) is 24.8. The minimum Gasteiger partial charge on any atom is -0.490 e. The second-order valence-electron chi connectivity index (χ2n) is 9.52. The van der Waals surface area contributed by atoms with E-state index in [1.165, 1.54) is 0 Å². The Kier molecular flexibility index (Phi) is 7.70. The summed E-state index contributed by atoms with van der Waals surface area (Å²) in [5.41, 5.74) is 0.845. The van der Waals surface area contributed by atoms with Gasteiger partial charge >= 0.3 is 6.09 Å². The van der Waals surface area contributed by atoms with E-state index in [4.69, 9.17) is 9.47 Å². The Hall–Kier alpha value is -1.87. The highest BCUT2D eigenvalue weighted by atomic mass is 16.6. The number of carbonyl (C=O) groups excluding carboxylic acids is 1. The predicted molar refractivity (Wildman–Crippen MR) is 121 cm³/mol. The van der Waals surface area contributed by atoms with Crippen LogP contribution in [-0.2, 0) is 4.74 Å². The molecular formula is C24H38N2O6. The van der Waals surface area contributed by atoms with Crippen LogP contribution in [0.15, 0.2) is 12.1 Å². The van der Waals surface area contributed by atoms with Gasteiger partial charge in [0.25, 0.3) is 0 Å². The molecule has 0 spiro atoms. The molecule has 2 aliphatic heterocycles. The first-order chi connectivity index (χ1) is 15.0. The molecule has 8 heteroatoms. The maximum absolute atomic E-state index is 11.9. The van der Waals surface area contributed by atoms with Gasteiger partial charge in [-0.05, 0) is 69.7 Å². The molecule has 2 heterocycles. The molecule has 0 bridgehead atoms. The van der Waals surface area contributed by atoms with Crippen molar-refractivity contribution in [2.24, 2.45) is 0 Å². The molecule has 3 N–H and O–H groups in total. The van der Waals surface area contributed by atoms with E-state index in [9.17, 15) is 20.1 Å². The zero-order valence-electron chi connectivity index (χ0n) is 19.8. The number of aryl methyl sites for hydroxylation is 2. The Morgan fingerprint density at radius 3 is 2.50 bits per heavy atom. The lowest BCUT2D eigenvalue weighted by Gasteiger charge is -2.46. The van der Waals surface area contributed by atoms with Crippen LogP contribution in [0.1, 0.15) is 42.9 Å². The van der Waals surface area contributed by atoms with Gasteiger partial charge in [-0.15, -0.1) is 0 Å². The molecule has 2 fully saturated rings. The van der Waals surface area contributed by atoms with E-state index in [1.807, 2.05) is 31.7 Å². The highest BCUT2D eigenvalue weighted by Crippen LogP contribution is 2.30. The van der Waals surface area contributed by atoms with Gasteiger partial charge in [-0.3, -0.25) is 4.90 Å². The highest BCUT2D eigenvalue weighted by molar-refractivity contribution is 5.67. The van der Waals surface area contributed by atoms with Gasteiger partial charge in [0.05, 0.1) is 18.3 Å². The molecule has 1 aromatic carbocycles. The molecule has 0 saturated carbocycles. The summed E-state index contributed by atoms with van der Waals surface area (Å²) in [6.07, 6.45) is 0.0499. The van der Waals surface area contributed by atoms with Crippen LogP contribution in [0.2, 0.25) is 0 Å². The minimum atomic E-state index is -1.43. The zero-order valence-corrected chi connectivity index (χ0v) is 19.8. The number of aliphatic hydroxyl groups is 3. The first-order valence-electron chi connectivity index (χ1n) is 11.5. The van der Waals surface area contributed by atoms with Crippen LogP contribution in [0.5, 0.6) is 5.75 Å². The summed E-state index contributed by atoms with van der Waals surface area (Å²) in [5, 5.41) is 32.9. The first-order valence-corrected chi connectivity index (χ1v) is 11.5. The number of rotatable bonds is 6. The molecule has 1 aromatic rings. The molecule has 1 amide bonds. The van der Waals surface area contributed by atoms with Gasteiger partial charge in [0, 0.05) is 32.7 Å². The number of hydrogen-bond donors (Lipinski definition) is 3. The summed E-state index contributed by atoms with van der Waals surface area (Å²) in [4.78, 5) is 15.5. The lowest BCUT2D eigenvalue weighted by molar-refractivity contribution is -0.150. The van der Waals surface area contributed by atoms with E-state index >= 15 is 0 Å². The van der Waals surface area contributed by atoms with Crippen LogP contribution in [0, 0.1) is 20.8 Å². The number of carbonyl (C=O) groups is 1. The molecule has 0 aliphatic carbocycles. The van der Waals surface area contributed by atoms with Gasteiger partial charge < -0.3 is 29.7 Å². The van der Waals surface area contributed by atoms with Crippen LogP contribution in [0.3, 0.4) is 0 Å². The number of aliphatic hydroxyl groups excluding tert-OH is 1. The largest absolute Gasteiger partial charge is 0.490 e. The molecule has 0 aromatic heterocycles. The molecule has 2 aliphatic rings. The van der Waals surface area contributed by atoms with Crippen molar-refractivity contribution in [2.75, 3.05) is 45.9 Å². The number of likely N-dealkylation sites (tertiary alicyclic amines) is 2. The smallest absolute Gasteiger partial charge is 0.409 e. The SMILES string of the molecule is CCOC(=O)N1CCC(O)(CN2CC[C@H](O)[C@@](O)(COc3cc(C)cc(C)c3C)C2)CC1. The Labute approximate surface area is 190 Å². The van der Waals surface area contributed by atoms with E-state index in [2.05, 4.69) is 6.07 Å². The number of piperidine rings is 2. The molecule has 2 atom stereocenters. The van der Waals surface area contributed by atoms with E-state index in [1.54, 1.807) is 11.8 Å². The lowest BCUT2D eigenvalue weighted by Crippen LogP contribution is -2.62. The van der Waals surface area contributed by atoms with Gasteiger partial charge in [0.15, 0.2) is 0 Å². The van der Waals surface area contributed by atoms with Crippen LogP contribution in [0.25, 0.3) is 0 Å². The van der Waals surface area contributed by atoms with Crippen molar-refractivity contribution in [3.63, 3.8) is 0 Å². The summed E-state index contributed by atoms with van der Waals surface area (Å²) in [7, 11) is 0. The van der Waals surface area contributed by atoms with Crippen molar-refractivity contribution in [1.29, 1.82) is 0 Å². The third kappa shape index (κ3) is 5.73. The normalized spacial score (nSPS) is 26.1. The number of nitrogens with zero attached hydrogens (tertiary/aromatic N) is 2. The topological polar surface area (TPSA) is 103 Å². The second kappa shape index (κ2) is 9.95. The standard InChI is InChI=1S/C24H38N2O6/c1-5-31-22(28)26-10-7-23(29,8-11-26)14-25-9-6-21(27)24(30,15-25)16-32-20-13-17(2)12-18(3)19(20)4/h12-13,21,27,29-30H,5-11,14-16H2,1-4H3/t21-,24-/m0/s1. The van der Waals surface area contributed by atoms with E-state index < -0.39 is 17.3 Å². The molecule has 0 unspecified atom stereocenters. The molecule has 180 valence electrons. The molecule has 2 saturated heterocycles. The van der Waals surface area contributed by atoms with Crippen molar-refractivity contribution in [2.45, 2.75) is 64.3 Å². The van der Waals surface area contributed by atoms with Crippen molar-refractivity contribution in [3.05, 3.63) is 28.8 Å². The van der Waals surface area contributed by atoms with Crippen molar-refractivity contribution in [1.82, 2.24) is 9.80 Å². The van der Waals surface area contributed by atoms with Gasteiger partial charge in [-0.1, -0.05) is 6.07 Å². The van der Waals surface area contributed by atoms with Crippen molar-refractivity contribution in [3.8, 4) is 5.75 Å². The number of amides is 1. The molecule has 8 nitrogen and oxygen atoms in total. The second-order valence-corrected chi connectivity index (χ2v) is 9.52. The Morgan fingerprint density at radius 1 is 1.16 bits per heavy atom. The highest BCUT2D eigenvalue weighted by Gasteiger charge is 2.44. The van der Waals surface area contributed by atoms with Crippen LogP contribution >= 0.6 is 0 Å². The van der Waals surface area contributed by atoms with Gasteiger partial charge in [0.1, 0.15) is 18.0 Å². The Balaban J connectivity index is 1.59. The monoisotopic (exact) mass is 450 g/mol. The van der Waals surface area contributed by atoms with E-state index in [0.29, 0.717) is 57.8 Å². The fourth-order valence-electron chi connectivity index (χ4n) is 4.67. The summed E-state index contributed by atoms with van der Waals surface area (Å²) in [6.45, 7) is 10.1. The fraction of sp³-hybridized carbons (Fsp3) is 0.708. The van der Waals surface area contributed by atoms with Crippen molar-refractivity contribution < 1.29 is 29.6 Å². The lowest BCUT2D eigenvalue weighted by atomic mass is 9.86. The molecular weight excluding hydrogens is 412 g/mol. The van der Waals surface area contributed by atoms with Gasteiger partial charge in [-0.25, -0.2) is 4.79 Å². The van der Waals surface area contributed by atoms with Gasteiger partial charge in [-0.2, -0.15) is 0 Å². The molecule has 32 heavy (non-hydrogen) atoms. The third-order valence-corrected chi connectivity index (χ3v) is 6.82. The average Bonchev–Trinajstić information content (AvgIpc) is 2.73. The zero-order chi connectivity index (χ0) is 23.5. The minimum absolute atomic E-state index is 0.0243. The summed E-state index contributed by atoms with van der Waals surface area (Å²) in [5.74, 6) is 0.713. The predicted octanol–water partition coefficient (Wildman–Crippen LogP) is 1.77.